The van der Waals surface area contributed by atoms with Crippen molar-refractivity contribution in [3.8, 4) is 0 Å². The highest BCUT2D eigenvalue weighted by Gasteiger charge is 2.51. The predicted octanol–water partition coefficient (Wildman–Crippen LogP) is 4.77. The van der Waals surface area contributed by atoms with Gasteiger partial charge in [0.1, 0.15) is 0 Å². The Morgan fingerprint density at radius 2 is 1.85 bits per heavy atom. The van der Waals surface area contributed by atoms with E-state index in [1.165, 1.54) is 6.07 Å². The molecular weight excluding hydrogens is 341 g/mol. The zero-order valence-electron chi connectivity index (χ0n) is 15.2. The summed E-state index contributed by atoms with van der Waals surface area (Å²) in [5, 5.41) is 2.46. The van der Waals surface area contributed by atoms with Crippen molar-refractivity contribution in [1.29, 1.82) is 0 Å². The number of nitrogens with one attached hydrogen (secondary N) is 1. The van der Waals surface area contributed by atoms with E-state index in [0.29, 0.717) is 11.8 Å². The van der Waals surface area contributed by atoms with Crippen LogP contribution in [0.25, 0.3) is 10.8 Å². The first kappa shape index (κ1) is 18.7. The number of fused-ring (bicyclic) bond motifs is 1. The Morgan fingerprint density at radius 3 is 2.38 bits per heavy atom. The molecular formula is C20H23F3N2O. The van der Waals surface area contributed by atoms with Crippen LogP contribution in [0.1, 0.15) is 44.4 Å². The average molecular weight is 364 g/mol. The second kappa shape index (κ2) is 6.58. The smallest absolute Gasteiger partial charge is 0.287 e. The van der Waals surface area contributed by atoms with Crippen LogP contribution in [0.15, 0.2) is 36.4 Å². The van der Waals surface area contributed by atoms with Gasteiger partial charge in [-0.1, -0.05) is 49.7 Å². The van der Waals surface area contributed by atoms with Crippen molar-refractivity contribution in [3.63, 3.8) is 0 Å². The third kappa shape index (κ3) is 3.30. The summed E-state index contributed by atoms with van der Waals surface area (Å²) in [4.78, 5) is 12.1. The number of halogens is 3. The molecule has 3 rings (SSSR count). The number of aryl methyl sites for hydroxylation is 1. The summed E-state index contributed by atoms with van der Waals surface area (Å²) < 4.78 is 42.3. The molecule has 6 heteroatoms. The minimum Gasteiger partial charge on any atom is -0.287 e. The first-order valence-electron chi connectivity index (χ1n) is 8.80. The minimum atomic E-state index is -4.51. The van der Waals surface area contributed by atoms with Crippen molar-refractivity contribution >= 4 is 16.7 Å². The maximum absolute atomic E-state index is 14.1. The molecule has 3 nitrogen and oxygen atoms in total. The number of amides is 1. The summed E-state index contributed by atoms with van der Waals surface area (Å²) in [6.45, 7) is 5.32. The number of carbonyl (C=O) groups is 1. The topological polar surface area (TPSA) is 32.3 Å². The van der Waals surface area contributed by atoms with E-state index >= 15 is 0 Å². The molecule has 1 saturated heterocycles. The summed E-state index contributed by atoms with van der Waals surface area (Å²) >= 11 is 0. The molecule has 140 valence electrons. The van der Waals surface area contributed by atoms with Crippen LogP contribution >= 0.6 is 0 Å². The van der Waals surface area contributed by atoms with Crippen LogP contribution in [0.4, 0.5) is 13.2 Å². The molecule has 2 aromatic carbocycles. The number of hydrogen-bond acceptors (Lipinski definition) is 2. The van der Waals surface area contributed by atoms with Gasteiger partial charge in [0.15, 0.2) is 6.04 Å². The van der Waals surface area contributed by atoms with E-state index in [1.807, 2.05) is 31.2 Å². The highest BCUT2D eigenvalue weighted by Crippen LogP contribution is 2.43. The molecule has 1 atom stereocenters. The number of nitrogens with zero attached hydrogens (tertiary/aromatic N) is 1. The zero-order valence-corrected chi connectivity index (χ0v) is 15.2. The molecule has 1 unspecified atom stereocenters. The molecule has 0 radical (unpaired) electrons. The fraction of sp³-hybridized carbons (Fsp3) is 0.450. The average Bonchev–Trinajstić information content (AvgIpc) is 2.79. The third-order valence-corrected chi connectivity index (χ3v) is 4.88. The Hall–Kier alpha value is -2.08. The molecule has 1 N–H and O–H groups in total. The largest absolute Gasteiger partial charge is 0.409 e. The standard InChI is InChI=1S/C20H23F3N2O/c1-4-7-13-8-5-9-14-10-6-11-15(16(13)14)17(20(21,22)23)25-12-19(2,3)18(26)24-25/h5-6,8-11,17H,4,7,12H2,1-3H3,(H,24,26). The van der Waals surface area contributed by atoms with Gasteiger partial charge in [-0.2, -0.15) is 13.2 Å². The van der Waals surface area contributed by atoms with E-state index in [1.54, 1.807) is 19.9 Å². The van der Waals surface area contributed by atoms with Crippen LogP contribution < -0.4 is 5.43 Å². The van der Waals surface area contributed by atoms with Crippen molar-refractivity contribution < 1.29 is 18.0 Å². The molecule has 0 bridgehead atoms. The quantitative estimate of drug-likeness (QED) is 0.848. The van der Waals surface area contributed by atoms with Crippen LogP contribution in [0.5, 0.6) is 0 Å². The Labute approximate surface area is 151 Å². The van der Waals surface area contributed by atoms with E-state index in [9.17, 15) is 18.0 Å². The lowest BCUT2D eigenvalue weighted by molar-refractivity contribution is -0.191. The molecule has 0 aliphatic carbocycles. The van der Waals surface area contributed by atoms with Crippen LogP contribution in [0, 0.1) is 5.41 Å². The lowest BCUT2D eigenvalue weighted by atomic mass is 9.91. The second-order valence-corrected chi connectivity index (χ2v) is 7.51. The SMILES string of the molecule is CCCc1cccc2cccc(C(N3CC(C)(C)C(=O)N3)C(F)(F)F)c12. The van der Waals surface area contributed by atoms with Gasteiger partial charge in [0.05, 0.1) is 5.41 Å². The van der Waals surface area contributed by atoms with Crippen LogP contribution in [-0.2, 0) is 11.2 Å². The minimum absolute atomic E-state index is 0.00232. The normalized spacial score (nSPS) is 18.9. The zero-order chi connectivity index (χ0) is 19.1. The van der Waals surface area contributed by atoms with E-state index in [4.69, 9.17) is 0 Å². The maximum atomic E-state index is 14.1. The molecule has 1 aliphatic heterocycles. The van der Waals surface area contributed by atoms with Crippen molar-refractivity contribution in [1.82, 2.24) is 10.4 Å². The van der Waals surface area contributed by atoms with E-state index in [-0.39, 0.29) is 18.0 Å². The molecule has 26 heavy (non-hydrogen) atoms. The number of rotatable bonds is 4. The monoisotopic (exact) mass is 364 g/mol. The highest BCUT2D eigenvalue weighted by atomic mass is 19.4. The fourth-order valence-electron chi connectivity index (χ4n) is 3.65. The Bertz CT molecular complexity index is 824. The van der Waals surface area contributed by atoms with Gasteiger partial charge in [0.25, 0.3) is 0 Å². The summed E-state index contributed by atoms with van der Waals surface area (Å²) in [6, 6.07) is 8.72. The summed E-state index contributed by atoms with van der Waals surface area (Å²) in [6.07, 6.45) is -2.96. The van der Waals surface area contributed by atoms with E-state index < -0.39 is 17.6 Å². The Morgan fingerprint density at radius 1 is 1.19 bits per heavy atom. The first-order valence-corrected chi connectivity index (χ1v) is 8.80. The van der Waals surface area contributed by atoms with Gasteiger partial charge in [0.2, 0.25) is 5.91 Å². The molecule has 1 amide bonds. The van der Waals surface area contributed by atoms with Gasteiger partial charge < -0.3 is 0 Å². The Kier molecular flexibility index (Phi) is 4.73. The van der Waals surface area contributed by atoms with Crippen molar-refractivity contribution in [2.45, 2.75) is 45.8 Å². The molecule has 0 aromatic heterocycles. The predicted molar refractivity (Wildman–Crippen MR) is 95.4 cm³/mol. The van der Waals surface area contributed by atoms with Gasteiger partial charge in [-0.3, -0.25) is 10.2 Å². The van der Waals surface area contributed by atoms with Crippen molar-refractivity contribution in [2.24, 2.45) is 5.41 Å². The van der Waals surface area contributed by atoms with Gasteiger partial charge in [-0.25, -0.2) is 5.01 Å². The number of alkyl halides is 3. The summed E-state index contributed by atoms with van der Waals surface area (Å²) in [7, 11) is 0. The van der Waals surface area contributed by atoms with Gasteiger partial charge in [-0.05, 0) is 42.2 Å². The van der Waals surface area contributed by atoms with Crippen molar-refractivity contribution in [2.75, 3.05) is 6.54 Å². The van der Waals surface area contributed by atoms with Crippen LogP contribution in [0.3, 0.4) is 0 Å². The molecule has 1 fully saturated rings. The fourth-order valence-corrected chi connectivity index (χ4v) is 3.65. The van der Waals surface area contributed by atoms with E-state index in [0.717, 1.165) is 22.4 Å². The molecule has 2 aromatic rings. The summed E-state index contributed by atoms with van der Waals surface area (Å²) in [5.41, 5.74) is 2.67. The number of benzene rings is 2. The van der Waals surface area contributed by atoms with Gasteiger partial charge in [0, 0.05) is 6.54 Å². The van der Waals surface area contributed by atoms with Crippen LogP contribution in [-0.4, -0.2) is 23.6 Å². The van der Waals surface area contributed by atoms with Gasteiger partial charge >= 0.3 is 6.18 Å². The molecule has 1 heterocycles. The molecule has 0 saturated carbocycles. The number of carbonyl (C=O) groups excluding carboxylic acids is 1. The number of hydrogen-bond donors (Lipinski definition) is 1. The van der Waals surface area contributed by atoms with E-state index in [2.05, 4.69) is 5.43 Å². The van der Waals surface area contributed by atoms with Crippen molar-refractivity contribution in [3.05, 3.63) is 47.5 Å². The molecule has 0 spiro atoms. The lowest BCUT2D eigenvalue weighted by Crippen LogP contribution is -2.43. The maximum Gasteiger partial charge on any atom is 0.409 e. The second-order valence-electron chi connectivity index (χ2n) is 7.51. The third-order valence-electron chi connectivity index (χ3n) is 4.88. The Balaban J connectivity index is 2.19. The van der Waals surface area contributed by atoms with Gasteiger partial charge in [-0.15, -0.1) is 0 Å². The lowest BCUT2D eigenvalue weighted by Gasteiger charge is -2.31. The molecule has 1 aliphatic rings. The first-order chi connectivity index (χ1) is 12.1. The highest BCUT2D eigenvalue weighted by molar-refractivity contribution is 5.90. The summed E-state index contributed by atoms with van der Waals surface area (Å²) in [5.74, 6) is -0.388. The number of hydrazine groups is 1. The van der Waals surface area contributed by atoms with Crippen LogP contribution in [0.2, 0.25) is 0 Å².